The molecule has 130 valence electrons. The van der Waals surface area contributed by atoms with E-state index in [1.165, 1.54) is 5.56 Å². The van der Waals surface area contributed by atoms with Crippen molar-refractivity contribution in [1.82, 2.24) is 10.3 Å². The molecule has 1 heterocycles. The first-order valence-electron chi connectivity index (χ1n) is 8.22. The van der Waals surface area contributed by atoms with Gasteiger partial charge >= 0.3 is 0 Å². The molecule has 4 nitrogen and oxygen atoms in total. The highest BCUT2D eigenvalue weighted by Gasteiger charge is 2.13. The molecule has 0 aliphatic carbocycles. The van der Waals surface area contributed by atoms with Gasteiger partial charge in [-0.05, 0) is 30.2 Å². The number of benzene rings is 2. The monoisotopic (exact) mass is 373 g/mol. The Kier molecular flexibility index (Phi) is 6.02. The smallest absolute Gasteiger partial charge is 0.220 e. The summed E-state index contributed by atoms with van der Waals surface area (Å²) in [6.45, 7) is 0.417. The van der Waals surface area contributed by atoms with Crippen molar-refractivity contribution in [2.24, 2.45) is 5.73 Å². The number of amides is 1. The lowest BCUT2D eigenvalue weighted by atomic mass is 10.1. The number of halogens is 1. The summed E-state index contributed by atoms with van der Waals surface area (Å²) >= 11 is 7.58. The zero-order valence-electron chi connectivity index (χ0n) is 13.7. The van der Waals surface area contributed by atoms with E-state index in [0.29, 0.717) is 24.4 Å². The van der Waals surface area contributed by atoms with Crippen LogP contribution in [0.5, 0.6) is 0 Å². The fourth-order valence-electron chi connectivity index (χ4n) is 2.67. The number of thiazole rings is 1. The number of nitrogens with zero attached hydrogens (tertiary/aromatic N) is 1. The molecule has 0 spiro atoms. The van der Waals surface area contributed by atoms with Crippen LogP contribution >= 0.6 is 22.9 Å². The summed E-state index contributed by atoms with van der Waals surface area (Å²) in [5.41, 5.74) is 7.90. The van der Waals surface area contributed by atoms with E-state index >= 15 is 0 Å². The van der Waals surface area contributed by atoms with Crippen molar-refractivity contribution in [1.29, 1.82) is 0 Å². The van der Waals surface area contributed by atoms with Gasteiger partial charge in [0.25, 0.3) is 0 Å². The van der Waals surface area contributed by atoms with Crippen molar-refractivity contribution >= 4 is 39.1 Å². The van der Waals surface area contributed by atoms with Crippen LogP contribution in [-0.4, -0.2) is 23.5 Å². The van der Waals surface area contributed by atoms with Gasteiger partial charge < -0.3 is 11.1 Å². The summed E-state index contributed by atoms with van der Waals surface area (Å²) < 4.78 is 1.05. The maximum atomic E-state index is 12.2. The van der Waals surface area contributed by atoms with Crippen LogP contribution in [0.25, 0.3) is 10.2 Å². The van der Waals surface area contributed by atoms with Crippen molar-refractivity contribution in [3.8, 4) is 0 Å². The van der Waals surface area contributed by atoms with Crippen LogP contribution in [0.3, 0.4) is 0 Å². The van der Waals surface area contributed by atoms with Gasteiger partial charge in [0.15, 0.2) is 0 Å². The minimum atomic E-state index is -0.0518. The van der Waals surface area contributed by atoms with E-state index < -0.39 is 0 Å². The SMILES string of the molecule is NCC(Cc1ccccc1)NC(=O)CCc1nc2ccc(Cl)cc2s1. The third-order valence-electron chi connectivity index (χ3n) is 3.94. The van der Waals surface area contributed by atoms with Gasteiger partial charge in [0.1, 0.15) is 0 Å². The second-order valence-corrected chi connectivity index (χ2v) is 7.46. The van der Waals surface area contributed by atoms with Gasteiger partial charge in [-0.15, -0.1) is 11.3 Å². The molecule has 2 aromatic carbocycles. The van der Waals surface area contributed by atoms with Crippen molar-refractivity contribution in [2.45, 2.75) is 25.3 Å². The maximum Gasteiger partial charge on any atom is 0.220 e. The van der Waals surface area contributed by atoms with Crippen molar-refractivity contribution < 1.29 is 4.79 Å². The Morgan fingerprint density at radius 3 is 2.80 bits per heavy atom. The van der Waals surface area contributed by atoms with Gasteiger partial charge in [0.2, 0.25) is 5.91 Å². The van der Waals surface area contributed by atoms with E-state index in [9.17, 15) is 4.79 Å². The number of rotatable bonds is 7. The average molecular weight is 374 g/mol. The van der Waals surface area contributed by atoms with Gasteiger partial charge in [0, 0.05) is 30.5 Å². The Hall–Kier alpha value is -1.95. The van der Waals surface area contributed by atoms with E-state index in [4.69, 9.17) is 17.3 Å². The molecule has 0 aliphatic rings. The molecule has 1 unspecified atom stereocenters. The molecule has 25 heavy (non-hydrogen) atoms. The fourth-order valence-corrected chi connectivity index (χ4v) is 3.91. The van der Waals surface area contributed by atoms with Gasteiger partial charge in [-0.3, -0.25) is 4.79 Å². The number of hydrogen-bond donors (Lipinski definition) is 2. The number of carbonyl (C=O) groups excluding carboxylic acids is 1. The number of nitrogens with one attached hydrogen (secondary N) is 1. The van der Waals surface area contributed by atoms with Gasteiger partial charge in [-0.1, -0.05) is 41.9 Å². The first-order chi connectivity index (χ1) is 12.1. The van der Waals surface area contributed by atoms with E-state index in [2.05, 4.69) is 10.3 Å². The lowest BCUT2D eigenvalue weighted by Crippen LogP contribution is -2.41. The lowest BCUT2D eigenvalue weighted by Gasteiger charge is -2.16. The van der Waals surface area contributed by atoms with Crippen molar-refractivity contribution in [3.63, 3.8) is 0 Å². The van der Waals surface area contributed by atoms with Gasteiger partial charge in [-0.2, -0.15) is 0 Å². The predicted octanol–water partition coefficient (Wildman–Crippen LogP) is 3.57. The molecular formula is C19H20ClN3OS. The van der Waals surface area contributed by atoms with Crippen LogP contribution in [0.2, 0.25) is 5.02 Å². The predicted molar refractivity (Wildman–Crippen MR) is 104 cm³/mol. The maximum absolute atomic E-state index is 12.2. The first kappa shape index (κ1) is 17.9. The number of hydrogen-bond acceptors (Lipinski definition) is 4. The molecule has 1 atom stereocenters. The first-order valence-corrected chi connectivity index (χ1v) is 9.42. The zero-order valence-corrected chi connectivity index (χ0v) is 15.3. The van der Waals surface area contributed by atoms with Crippen molar-refractivity contribution in [2.75, 3.05) is 6.54 Å². The summed E-state index contributed by atoms with van der Waals surface area (Å²) in [6, 6.07) is 15.6. The van der Waals surface area contributed by atoms with Crippen LogP contribution in [0.15, 0.2) is 48.5 Å². The second-order valence-electron chi connectivity index (χ2n) is 5.91. The largest absolute Gasteiger partial charge is 0.352 e. The summed E-state index contributed by atoms with van der Waals surface area (Å²) in [5.74, 6) is 0.00340. The molecule has 3 aromatic rings. The molecule has 0 radical (unpaired) electrons. The number of aromatic nitrogens is 1. The highest BCUT2D eigenvalue weighted by Crippen LogP contribution is 2.25. The lowest BCUT2D eigenvalue weighted by molar-refractivity contribution is -0.121. The Labute approximate surface area is 156 Å². The van der Waals surface area contributed by atoms with E-state index in [-0.39, 0.29) is 11.9 Å². The zero-order chi connectivity index (χ0) is 17.6. The number of aryl methyl sites for hydroxylation is 1. The van der Waals surface area contributed by atoms with Crippen LogP contribution < -0.4 is 11.1 Å². The third-order valence-corrected chi connectivity index (χ3v) is 5.25. The van der Waals surface area contributed by atoms with E-state index in [1.54, 1.807) is 11.3 Å². The molecule has 0 fully saturated rings. The Morgan fingerprint density at radius 2 is 2.04 bits per heavy atom. The molecule has 0 saturated heterocycles. The summed E-state index contributed by atoms with van der Waals surface area (Å²) in [7, 11) is 0. The molecule has 1 amide bonds. The van der Waals surface area contributed by atoms with Crippen LogP contribution in [0, 0.1) is 0 Å². The minimum absolute atomic E-state index is 0.00340. The van der Waals surface area contributed by atoms with E-state index in [0.717, 1.165) is 21.6 Å². The van der Waals surface area contributed by atoms with Gasteiger partial charge in [-0.25, -0.2) is 4.98 Å². The van der Waals surface area contributed by atoms with E-state index in [1.807, 2.05) is 48.5 Å². The quantitative estimate of drug-likeness (QED) is 0.665. The number of carbonyl (C=O) groups is 1. The number of fused-ring (bicyclic) bond motifs is 1. The molecule has 1 aromatic heterocycles. The Morgan fingerprint density at radius 1 is 1.24 bits per heavy atom. The second kappa shape index (κ2) is 8.43. The van der Waals surface area contributed by atoms with Crippen LogP contribution in [0.4, 0.5) is 0 Å². The van der Waals surface area contributed by atoms with Gasteiger partial charge in [0.05, 0.1) is 15.2 Å². The van der Waals surface area contributed by atoms with Crippen LogP contribution in [-0.2, 0) is 17.6 Å². The highest BCUT2D eigenvalue weighted by atomic mass is 35.5. The summed E-state index contributed by atoms with van der Waals surface area (Å²) in [4.78, 5) is 16.8. The highest BCUT2D eigenvalue weighted by molar-refractivity contribution is 7.18. The average Bonchev–Trinajstić information content (AvgIpc) is 3.02. The standard InChI is InChI=1S/C19H20ClN3OS/c20-14-6-7-16-17(11-14)25-19(23-16)9-8-18(24)22-15(12-21)10-13-4-2-1-3-5-13/h1-7,11,15H,8-10,12,21H2,(H,22,24). The molecule has 6 heteroatoms. The molecule has 0 bridgehead atoms. The minimum Gasteiger partial charge on any atom is -0.352 e. The third kappa shape index (κ3) is 5.01. The topological polar surface area (TPSA) is 68.0 Å². The Balaban J connectivity index is 1.54. The molecular weight excluding hydrogens is 354 g/mol. The normalized spacial score (nSPS) is 12.2. The van der Waals surface area contributed by atoms with Crippen LogP contribution in [0.1, 0.15) is 17.0 Å². The fraction of sp³-hybridized carbons (Fsp3) is 0.263. The molecule has 0 saturated carbocycles. The Bertz CT molecular complexity index is 850. The van der Waals surface area contributed by atoms with Crippen molar-refractivity contribution in [3.05, 3.63) is 64.1 Å². The number of nitrogens with two attached hydrogens (primary N) is 1. The molecule has 3 N–H and O–H groups in total. The summed E-state index contributed by atoms with van der Waals surface area (Å²) in [6.07, 6.45) is 1.76. The molecule has 3 rings (SSSR count). The molecule has 0 aliphatic heterocycles. The summed E-state index contributed by atoms with van der Waals surface area (Å²) in [5, 5.41) is 4.67.